The van der Waals surface area contributed by atoms with Crippen LogP contribution in [0.4, 0.5) is 29.1 Å². The van der Waals surface area contributed by atoms with E-state index in [0.29, 0.717) is 17.2 Å². The van der Waals surface area contributed by atoms with Crippen LogP contribution in [-0.4, -0.2) is 26.9 Å². The summed E-state index contributed by atoms with van der Waals surface area (Å²) < 4.78 is 56.9. The number of anilines is 2. The fraction of sp³-hybridized carbons (Fsp3) is 0.300. The van der Waals surface area contributed by atoms with Crippen molar-refractivity contribution in [2.75, 3.05) is 5.32 Å². The molecule has 0 atom stereocenters. The maximum absolute atomic E-state index is 13.1. The van der Waals surface area contributed by atoms with Crippen LogP contribution in [0.25, 0.3) is 11.7 Å². The maximum atomic E-state index is 13.1. The number of alkyl halides is 4. The lowest BCUT2D eigenvalue weighted by Gasteiger charge is -2.17. The highest BCUT2D eigenvalue weighted by Gasteiger charge is 2.43. The smallest absolute Gasteiger partial charge is 0.428 e. The van der Waals surface area contributed by atoms with E-state index in [1.165, 1.54) is 18.2 Å². The Balaban J connectivity index is 1.81. The van der Waals surface area contributed by atoms with Crippen molar-refractivity contribution in [2.45, 2.75) is 38.7 Å². The zero-order valence-corrected chi connectivity index (χ0v) is 15.7. The Morgan fingerprint density at radius 1 is 1.28 bits per heavy atom. The lowest BCUT2D eigenvalue weighted by atomic mass is 10.2. The van der Waals surface area contributed by atoms with E-state index >= 15 is 0 Å². The van der Waals surface area contributed by atoms with E-state index in [1.54, 1.807) is 24.7 Å². The zero-order valence-electron chi connectivity index (χ0n) is 15.7. The lowest BCUT2D eigenvalue weighted by Crippen LogP contribution is -2.33. The molecule has 5 nitrogen and oxygen atoms in total. The van der Waals surface area contributed by atoms with Gasteiger partial charge in [0.15, 0.2) is 11.5 Å². The van der Waals surface area contributed by atoms with Crippen LogP contribution < -0.4 is 10.1 Å². The Morgan fingerprint density at radius 3 is 2.86 bits per heavy atom. The fourth-order valence-electron chi connectivity index (χ4n) is 2.65. The number of imidazole rings is 1. The molecule has 3 aromatic rings. The van der Waals surface area contributed by atoms with Gasteiger partial charge in [0, 0.05) is 24.1 Å². The number of fused-ring (bicyclic) bond motifs is 1. The molecule has 154 valence electrons. The number of nitrogens with zero attached hydrogens (tertiary/aromatic N) is 3. The molecule has 29 heavy (non-hydrogen) atoms. The molecule has 0 saturated carbocycles. The SMILES string of the molecule is CCCC/C=C\c1cnc2c(Nc3cccc(OC(F)(F)C(F)F)c3)nccn12. The van der Waals surface area contributed by atoms with Crippen LogP contribution in [0, 0.1) is 0 Å². The minimum atomic E-state index is -4.57. The first kappa shape index (κ1) is 20.6. The number of halogens is 4. The molecule has 0 aliphatic rings. The van der Waals surface area contributed by atoms with Crippen molar-refractivity contribution in [2.24, 2.45) is 0 Å². The second-order valence-electron chi connectivity index (χ2n) is 6.31. The van der Waals surface area contributed by atoms with Gasteiger partial charge in [0.05, 0.1) is 11.9 Å². The number of ether oxygens (including phenoxy) is 1. The van der Waals surface area contributed by atoms with E-state index in [4.69, 9.17) is 0 Å². The van der Waals surface area contributed by atoms with Crippen molar-refractivity contribution in [3.63, 3.8) is 0 Å². The lowest BCUT2D eigenvalue weighted by molar-refractivity contribution is -0.253. The van der Waals surface area contributed by atoms with E-state index in [-0.39, 0.29) is 0 Å². The third-order valence-corrected chi connectivity index (χ3v) is 4.07. The van der Waals surface area contributed by atoms with Crippen LogP contribution in [0.3, 0.4) is 0 Å². The number of unbranched alkanes of at least 4 members (excludes halogenated alkanes) is 2. The largest absolute Gasteiger partial charge is 0.461 e. The molecule has 0 amide bonds. The third-order valence-electron chi connectivity index (χ3n) is 4.07. The summed E-state index contributed by atoms with van der Waals surface area (Å²) in [5.41, 5.74) is 1.75. The second-order valence-corrected chi connectivity index (χ2v) is 6.31. The van der Waals surface area contributed by atoms with Gasteiger partial charge >= 0.3 is 12.5 Å². The van der Waals surface area contributed by atoms with Crippen molar-refractivity contribution in [3.05, 3.63) is 54.6 Å². The van der Waals surface area contributed by atoms with Gasteiger partial charge in [-0.25, -0.2) is 9.97 Å². The molecule has 2 aromatic heterocycles. The van der Waals surface area contributed by atoms with E-state index in [9.17, 15) is 17.6 Å². The fourth-order valence-corrected chi connectivity index (χ4v) is 2.65. The van der Waals surface area contributed by atoms with Gasteiger partial charge in [-0.1, -0.05) is 31.9 Å². The summed E-state index contributed by atoms with van der Waals surface area (Å²) in [5, 5.41) is 2.96. The van der Waals surface area contributed by atoms with Crippen molar-refractivity contribution >= 4 is 23.2 Å². The zero-order chi connectivity index (χ0) is 20.9. The Bertz CT molecular complexity index is 988. The molecule has 9 heteroatoms. The van der Waals surface area contributed by atoms with E-state index in [0.717, 1.165) is 25.0 Å². The van der Waals surface area contributed by atoms with Crippen molar-refractivity contribution in [1.29, 1.82) is 0 Å². The van der Waals surface area contributed by atoms with Gasteiger partial charge in [0.25, 0.3) is 0 Å². The van der Waals surface area contributed by atoms with Crippen LogP contribution in [0.1, 0.15) is 31.9 Å². The summed E-state index contributed by atoms with van der Waals surface area (Å²) in [4.78, 5) is 8.59. The third kappa shape index (κ3) is 5.04. The Labute approximate surface area is 165 Å². The molecule has 0 bridgehead atoms. The molecule has 0 aliphatic carbocycles. The van der Waals surface area contributed by atoms with Crippen LogP contribution in [-0.2, 0) is 0 Å². The highest BCUT2D eigenvalue weighted by molar-refractivity contribution is 5.71. The number of rotatable bonds is 9. The molecule has 0 saturated heterocycles. The first-order valence-electron chi connectivity index (χ1n) is 9.11. The maximum Gasteiger partial charge on any atom is 0.461 e. The number of hydrogen-bond acceptors (Lipinski definition) is 4. The topological polar surface area (TPSA) is 51.5 Å². The summed E-state index contributed by atoms with van der Waals surface area (Å²) in [5.74, 6) is -0.00591. The molecule has 2 heterocycles. The van der Waals surface area contributed by atoms with Crippen LogP contribution in [0.5, 0.6) is 5.75 Å². The standard InChI is InChI=1S/C20H20F4N4O/c1-2-3-4-5-8-15-13-26-18-17(25-10-11-28(15)18)27-14-7-6-9-16(12-14)29-20(23,24)19(21)22/h5-13,19H,2-4H2,1H3,(H,25,27)/b8-5-. The average Bonchev–Trinajstić information content (AvgIpc) is 3.09. The summed E-state index contributed by atoms with van der Waals surface area (Å²) in [6, 6.07) is 5.35. The number of aromatic nitrogens is 3. The quantitative estimate of drug-likeness (QED) is 0.353. The Hall–Kier alpha value is -3.10. The van der Waals surface area contributed by atoms with Gasteiger partial charge in [-0.2, -0.15) is 17.6 Å². The summed E-state index contributed by atoms with van der Waals surface area (Å²) >= 11 is 0. The van der Waals surface area contributed by atoms with Crippen LogP contribution in [0.2, 0.25) is 0 Å². The van der Waals surface area contributed by atoms with Gasteiger partial charge in [0.2, 0.25) is 0 Å². The first-order chi connectivity index (χ1) is 13.9. The van der Waals surface area contributed by atoms with E-state index in [2.05, 4.69) is 33.0 Å². The predicted octanol–water partition coefficient (Wildman–Crippen LogP) is 5.91. The molecule has 0 spiro atoms. The molecule has 1 aromatic carbocycles. The Morgan fingerprint density at radius 2 is 2.10 bits per heavy atom. The molecular weight excluding hydrogens is 388 g/mol. The van der Waals surface area contributed by atoms with Crippen molar-refractivity contribution in [1.82, 2.24) is 14.4 Å². The normalized spacial score (nSPS) is 12.2. The van der Waals surface area contributed by atoms with E-state index < -0.39 is 18.3 Å². The van der Waals surface area contributed by atoms with Crippen LogP contribution >= 0.6 is 0 Å². The molecule has 0 aliphatic heterocycles. The predicted molar refractivity (Wildman–Crippen MR) is 103 cm³/mol. The molecule has 0 fully saturated rings. The number of nitrogens with one attached hydrogen (secondary N) is 1. The van der Waals surface area contributed by atoms with Gasteiger partial charge in [-0.15, -0.1) is 0 Å². The monoisotopic (exact) mass is 408 g/mol. The second kappa shape index (κ2) is 8.93. The summed E-state index contributed by atoms with van der Waals surface area (Å²) in [6.45, 7) is 2.13. The highest BCUT2D eigenvalue weighted by Crippen LogP contribution is 2.30. The molecular formula is C20H20F4N4O. The molecule has 0 unspecified atom stereocenters. The number of allylic oxidation sites excluding steroid dienone is 1. The van der Waals surface area contributed by atoms with Gasteiger partial charge in [0.1, 0.15) is 5.75 Å². The van der Waals surface area contributed by atoms with Crippen LogP contribution in [0.15, 0.2) is 48.9 Å². The molecule has 0 radical (unpaired) electrons. The highest BCUT2D eigenvalue weighted by atomic mass is 19.3. The minimum Gasteiger partial charge on any atom is -0.428 e. The van der Waals surface area contributed by atoms with Gasteiger partial charge < -0.3 is 10.1 Å². The Kier molecular flexibility index (Phi) is 6.36. The van der Waals surface area contributed by atoms with Crippen molar-refractivity contribution < 1.29 is 22.3 Å². The summed E-state index contributed by atoms with van der Waals surface area (Å²) in [6.07, 6.45) is 3.77. The average molecular weight is 408 g/mol. The molecule has 3 rings (SSSR count). The van der Waals surface area contributed by atoms with Gasteiger partial charge in [-0.3, -0.25) is 4.40 Å². The summed E-state index contributed by atoms with van der Waals surface area (Å²) in [7, 11) is 0. The number of benzene rings is 1. The van der Waals surface area contributed by atoms with Crippen molar-refractivity contribution in [3.8, 4) is 5.75 Å². The van der Waals surface area contributed by atoms with Gasteiger partial charge in [-0.05, 0) is 24.6 Å². The van der Waals surface area contributed by atoms with E-state index in [1.807, 2.05) is 10.5 Å². The minimum absolute atomic E-state index is 0.344. The number of hydrogen-bond donors (Lipinski definition) is 1. The molecule has 1 N–H and O–H groups in total. The first-order valence-corrected chi connectivity index (χ1v) is 9.11.